The van der Waals surface area contributed by atoms with Gasteiger partial charge >= 0.3 is 0 Å². The number of ether oxygens (including phenoxy) is 1. The smallest absolute Gasteiger partial charge is 0.244 e. The first kappa shape index (κ1) is 19.8. The minimum absolute atomic E-state index is 0.0393. The lowest BCUT2D eigenvalue weighted by Gasteiger charge is -2.16. The number of benzene rings is 1. The van der Waals surface area contributed by atoms with Gasteiger partial charge in [0.1, 0.15) is 35.9 Å². The van der Waals surface area contributed by atoms with Crippen LogP contribution in [0.3, 0.4) is 0 Å². The van der Waals surface area contributed by atoms with Crippen LogP contribution in [-0.2, 0) is 9.53 Å². The van der Waals surface area contributed by atoms with Crippen LogP contribution in [0.4, 0.5) is 5.82 Å². The number of phenolic OH excluding ortho intramolecular Hbond substituents is 1. The Kier molecular flexibility index (Phi) is 5.31. The lowest BCUT2D eigenvalue weighted by atomic mass is 10.1. The largest absolute Gasteiger partial charge is 0.507 e. The molecule has 0 spiro atoms. The van der Waals surface area contributed by atoms with Gasteiger partial charge in [-0.2, -0.15) is 0 Å². The molecule has 1 saturated heterocycles. The van der Waals surface area contributed by atoms with Crippen LogP contribution >= 0.6 is 0 Å². The summed E-state index contributed by atoms with van der Waals surface area (Å²) in [7, 11) is 0. The van der Waals surface area contributed by atoms with Crippen molar-refractivity contribution in [3.8, 4) is 5.75 Å². The van der Waals surface area contributed by atoms with Crippen molar-refractivity contribution in [2.75, 3.05) is 12.3 Å². The van der Waals surface area contributed by atoms with E-state index in [1.165, 1.54) is 35.4 Å². The number of aliphatic hydroxyl groups is 2. The van der Waals surface area contributed by atoms with E-state index in [1.807, 2.05) is 0 Å². The molecule has 0 aliphatic carbocycles. The third-order valence-corrected chi connectivity index (χ3v) is 4.83. The molecule has 4 atom stereocenters. The van der Waals surface area contributed by atoms with Gasteiger partial charge in [-0.15, -0.1) is 0 Å². The highest BCUT2D eigenvalue weighted by Crippen LogP contribution is 2.31. The number of nitrogens with one attached hydrogen (secondary N) is 1. The third kappa shape index (κ3) is 3.68. The summed E-state index contributed by atoms with van der Waals surface area (Å²) < 4.78 is 7.21. The molecule has 2 aromatic heterocycles. The third-order valence-electron chi connectivity index (χ3n) is 4.83. The van der Waals surface area contributed by atoms with Crippen LogP contribution in [-0.4, -0.2) is 65.6 Å². The van der Waals surface area contributed by atoms with E-state index in [-0.39, 0.29) is 18.1 Å². The topological polar surface area (TPSA) is 169 Å². The summed E-state index contributed by atoms with van der Waals surface area (Å²) in [5.74, 6) is -0.202. The summed E-state index contributed by atoms with van der Waals surface area (Å²) in [5.41, 5.74) is 6.97. The van der Waals surface area contributed by atoms with Crippen molar-refractivity contribution in [2.45, 2.75) is 24.5 Å². The van der Waals surface area contributed by atoms with Crippen LogP contribution in [0.25, 0.3) is 17.2 Å². The van der Waals surface area contributed by atoms with Gasteiger partial charge in [0.15, 0.2) is 17.7 Å². The van der Waals surface area contributed by atoms with Crippen molar-refractivity contribution in [3.05, 3.63) is 48.6 Å². The number of aliphatic hydroxyl groups excluding tert-OH is 2. The van der Waals surface area contributed by atoms with Crippen molar-refractivity contribution >= 4 is 29.0 Å². The average molecular weight is 412 g/mol. The van der Waals surface area contributed by atoms with Gasteiger partial charge in [-0.25, -0.2) is 15.0 Å². The SMILES string of the molecule is Nc1ncnc2c1ncn2C1O[C@H](CNC(=O)/C=C/c2ccccc2O)C(O)C1O. The zero-order valence-corrected chi connectivity index (χ0v) is 15.7. The monoisotopic (exact) mass is 412 g/mol. The van der Waals surface area contributed by atoms with E-state index in [2.05, 4.69) is 20.3 Å². The Labute approximate surface area is 170 Å². The molecule has 30 heavy (non-hydrogen) atoms. The van der Waals surface area contributed by atoms with Gasteiger partial charge in [0.25, 0.3) is 0 Å². The normalized spacial score (nSPS) is 23.9. The lowest BCUT2D eigenvalue weighted by Crippen LogP contribution is -2.39. The molecule has 0 radical (unpaired) electrons. The highest BCUT2D eigenvalue weighted by molar-refractivity contribution is 5.92. The quantitative estimate of drug-likeness (QED) is 0.349. The second-order valence-corrected chi connectivity index (χ2v) is 6.77. The molecule has 0 saturated carbocycles. The molecular weight excluding hydrogens is 392 g/mol. The van der Waals surface area contributed by atoms with E-state index in [0.29, 0.717) is 16.7 Å². The van der Waals surface area contributed by atoms with Gasteiger partial charge in [0, 0.05) is 18.2 Å². The van der Waals surface area contributed by atoms with E-state index < -0.39 is 30.4 Å². The fraction of sp³-hybridized carbons (Fsp3) is 0.263. The van der Waals surface area contributed by atoms with Gasteiger partial charge in [0.05, 0.1) is 6.33 Å². The predicted molar refractivity (Wildman–Crippen MR) is 106 cm³/mol. The maximum Gasteiger partial charge on any atom is 0.244 e. The Bertz CT molecular complexity index is 1100. The molecule has 1 aromatic carbocycles. The minimum atomic E-state index is -1.27. The van der Waals surface area contributed by atoms with Gasteiger partial charge in [0.2, 0.25) is 5.91 Å². The Hall–Kier alpha value is -3.54. The number of nitrogen functional groups attached to an aromatic ring is 1. The molecule has 3 heterocycles. The van der Waals surface area contributed by atoms with Crippen LogP contribution in [0.5, 0.6) is 5.75 Å². The van der Waals surface area contributed by atoms with Gasteiger partial charge in [-0.3, -0.25) is 9.36 Å². The molecule has 1 amide bonds. The Balaban J connectivity index is 1.41. The number of aromatic hydroxyl groups is 1. The predicted octanol–water partition coefficient (Wildman–Crippen LogP) is -0.437. The Morgan fingerprint density at radius 2 is 2.03 bits per heavy atom. The number of aromatic nitrogens is 4. The van der Waals surface area contributed by atoms with Gasteiger partial charge in [-0.05, 0) is 12.1 Å². The standard InChI is InChI=1S/C19H20N6O5/c20-17-14-18(23-8-22-17)25(9-24-14)19-16(29)15(28)12(30-19)7-21-13(27)6-5-10-3-1-2-4-11(10)26/h1-6,8-9,12,15-16,19,26,28-29H,7H2,(H,21,27)(H2,20,22,23)/b6-5+/t12-,15?,16?,19?/m1/s1. The molecule has 1 aliphatic rings. The molecule has 1 fully saturated rings. The van der Waals surface area contributed by atoms with Crippen LogP contribution in [0.2, 0.25) is 0 Å². The average Bonchev–Trinajstić information content (AvgIpc) is 3.28. The van der Waals surface area contributed by atoms with Crippen LogP contribution in [0.1, 0.15) is 11.8 Å². The number of nitrogens with zero attached hydrogens (tertiary/aromatic N) is 4. The molecule has 11 heteroatoms. The van der Waals surface area contributed by atoms with Gasteiger partial charge in [-0.1, -0.05) is 18.2 Å². The second-order valence-electron chi connectivity index (χ2n) is 6.77. The number of fused-ring (bicyclic) bond motifs is 1. The van der Waals surface area contributed by atoms with Crippen molar-refractivity contribution in [2.24, 2.45) is 0 Å². The fourth-order valence-corrected chi connectivity index (χ4v) is 3.24. The van der Waals surface area contributed by atoms with Crippen LogP contribution in [0.15, 0.2) is 43.0 Å². The van der Waals surface area contributed by atoms with E-state index in [9.17, 15) is 20.1 Å². The summed E-state index contributed by atoms with van der Waals surface area (Å²) in [6.07, 6.45) is 1.06. The summed E-state index contributed by atoms with van der Waals surface area (Å²) in [5, 5.41) is 33.1. The molecule has 0 bridgehead atoms. The highest BCUT2D eigenvalue weighted by Gasteiger charge is 2.44. The molecule has 11 nitrogen and oxygen atoms in total. The Morgan fingerprint density at radius 3 is 2.83 bits per heavy atom. The van der Waals surface area contributed by atoms with E-state index in [1.54, 1.807) is 18.2 Å². The number of anilines is 1. The number of amides is 1. The summed E-state index contributed by atoms with van der Waals surface area (Å²) in [6.45, 7) is -0.0393. The number of hydrogen-bond donors (Lipinski definition) is 5. The van der Waals surface area contributed by atoms with Gasteiger partial charge < -0.3 is 31.1 Å². The molecule has 1 aliphatic heterocycles. The Morgan fingerprint density at radius 1 is 1.23 bits per heavy atom. The number of para-hydroxylation sites is 1. The highest BCUT2D eigenvalue weighted by atomic mass is 16.6. The number of rotatable bonds is 5. The zero-order chi connectivity index (χ0) is 21.3. The number of imidazole rings is 1. The van der Waals surface area contributed by atoms with Crippen molar-refractivity contribution < 1.29 is 24.9 Å². The van der Waals surface area contributed by atoms with Crippen LogP contribution in [0, 0.1) is 0 Å². The lowest BCUT2D eigenvalue weighted by molar-refractivity contribution is -0.117. The number of phenols is 1. The maximum absolute atomic E-state index is 12.1. The molecule has 3 unspecified atom stereocenters. The van der Waals surface area contributed by atoms with Crippen molar-refractivity contribution in [3.63, 3.8) is 0 Å². The van der Waals surface area contributed by atoms with E-state index in [0.717, 1.165) is 0 Å². The number of nitrogens with two attached hydrogens (primary N) is 1. The minimum Gasteiger partial charge on any atom is -0.507 e. The first-order valence-corrected chi connectivity index (χ1v) is 9.14. The molecule has 6 N–H and O–H groups in total. The molecule has 3 aromatic rings. The number of carbonyl (C=O) groups is 1. The number of hydrogen-bond acceptors (Lipinski definition) is 9. The molecule has 156 valence electrons. The van der Waals surface area contributed by atoms with Crippen molar-refractivity contribution in [1.29, 1.82) is 0 Å². The van der Waals surface area contributed by atoms with Crippen molar-refractivity contribution in [1.82, 2.24) is 24.8 Å². The maximum atomic E-state index is 12.1. The molecular formula is C19H20N6O5. The first-order chi connectivity index (χ1) is 14.5. The summed E-state index contributed by atoms with van der Waals surface area (Å²) in [4.78, 5) is 24.2. The summed E-state index contributed by atoms with van der Waals surface area (Å²) >= 11 is 0. The van der Waals surface area contributed by atoms with E-state index in [4.69, 9.17) is 10.5 Å². The molecule has 4 rings (SSSR count). The second kappa shape index (κ2) is 8.06. The zero-order valence-electron chi connectivity index (χ0n) is 15.7. The fourth-order valence-electron chi connectivity index (χ4n) is 3.24. The number of carbonyl (C=O) groups excluding carboxylic acids is 1. The first-order valence-electron chi connectivity index (χ1n) is 9.14. The van der Waals surface area contributed by atoms with Crippen LogP contribution < -0.4 is 11.1 Å². The summed E-state index contributed by atoms with van der Waals surface area (Å²) in [6, 6.07) is 6.59. The van der Waals surface area contributed by atoms with E-state index >= 15 is 0 Å².